The quantitative estimate of drug-likeness (QED) is 0.845. The average Bonchev–Trinajstić information content (AvgIpc) is 3.02. The van der Waals surface area contributed by atoms with E-state index in [0.29, 0.717) is 18.5 Å². The highest BCUT2D eigenvalue weighted by Gasteiger charge is 2.39. The van der Waals surface area contributed by atoms with Crippen molar-refractivity contribution in [1.82, 2.24) is 10.2 Å². The van der Waals surface area contributed by atoms with E-state index in [1.54, 1.807) is 4.90 Å². The third-order valence-electron chi connectivity index (χ3n) is 3.87. The predicted octanol–water partition coefficient (Wildman–Crippen LogP) is 2.30. The molecule has 0 spiro atoms. The topological polar surface area (TPSA) is 58.6 Å². The highest BCUT2D eigenvalue weighted by atomic mass is 16.6. The molecule has 1 heterocycles. The predicted molar refractivity (Wildman–Crippen MR) is 76.3 cm³/mol. The summed E-state index contributed by atoms with van der Waals surface area (Å²) in [4.78, 5) is 26.1. The van der Waals surface area contributed by atoms with Crippen molar-refractivity contribution < 1.29 is 14.3 Å². The molecule has 5 heteroatoms. The summed E-state index contributed by atoms with van der Waals surface area (Å²) in [6.07, 6.45) is 3.32. The molecule has 1 saturated carbocycles. The van der Waals surface area contributed by atoms with Gasteiger partial charge in [0, 0.05) is 12.6 Å². The minimum Gasteiger partial charge on any atom is -0.444 e. The fourth-order valence-electron chi connectivity index (χ4n) is 2.55. The summed E-state index contributed by atoms with van der Waals surface area (Å²) in [6.45, 7) is 8.26. The number of nitrogens with one attached hydrogen (secondary N) is 1. The van der Waals surface area contributed by atoms with Crippen molar-refractivity contribution in [2.45, 2.75) is 71.1 Å². The zero-order chi connectivity index (χ0) is 14.9. The molecule has 0 aromatic heterocycles. The summed E-state index contributed by atoms with van der Waals surface area (Å²) in [5, 5.41) is 3.03. The molecule has 0 aromatic rings. The van der Waals surface area contributed by atoms with Crippen LogP contribution in [-0.4, -0.2) is 41.1 Å². The fourth-order valence-corrected chi connectivity index (χ4v) is 2.55. The van der Waals surface area contributed by atoms with Gasteiger partial charge in [-0.25, -0.2) is 4.79 Å². The van der Waals surface area contributed by atoms with E-state index in [1.807, 2.05) is 20.8 Å². The van der Waals surface area contributed by atoms with Crippen LogP contribution in [-0.2, 0) is 9.53 Å². The van der Waals surface area contributed by atoms with E-state index in [0.717, 1.165) is 25.7 Å². The van der Waals surface area contributed by atoms with Crippen LogP contribution in [0.3, 0.4) is 0 Å². The smallest absolute Gasteiger partial charge is 0.410 e. The van der Waals surface area contributed by atoms with Crippen molar-refractivity contribution in [3.05, 3.63) is 0 Å². The zero-order valence-electron chi connectivity index (χ0n) is 12.9. The Kier molecular flexibility index (Phi) is 4.25. The number of likely N-dealkylation sites (tertiary alicyclic amines) is 1. The first-order chi connectivity index (χ1) is 9.28. The molecule has 0 aromatic carbocycles. The molecule has 5 nitrogen and oxygen atoms in total. The lowest BCUT2D eigenvalue weighted by Crippen LogP contribution is -2.53. The number of hydrogen-bond donors (Lipinski definition) is 1. The number of rotatable bonds is 2. The van der Waals surface area contributed by atoms with Gasteiger partial charge in [-0.2, -0.15) is 0 Å². The van der Waals surface area contributed by atoms with Crippen molar-refractivity contribution in [2.75, 3.05) is 6.54 Å². The maximum atomic E-state index is 12.3. The zero-order valence-corrected chi connectivity index (χ0v) is 12.9. The number of carbonyl (C=O) groups excluding carboxylic acids is 2. The maximum Gasteiger partial charge on any atom is 0.410 e. The number of amides is 2. The third kappa shape index (κ3) is 3.87. The molecule has 1 N–H and O–H groups in total. The minimum absolute atomic E-state index is 0.0232. The van der Waals surface area contributed by atoms with Crippen LogP contribution in [0.1, 0.15) is 53.4 Å². The normalized spacial score (nSPS) is 29.8. The first-order valence-electron chi connectivity index (χ1n) is 7.58. The van der Waals surface area contributed by atoms with Crippen molar-refractivity contribution in [1.29, 1.82) is 0 Å². The summed E-state index contributed by atoms with van der Waals surface area (Å²) >= 11 is 0. The van der Waals surface area contributed by atoms with E-state index in [1.165, 1.54) is 0 Å². The van der Waals surface area contributed by atoms with Gasteiger partial charge < -0.3 is 10.1 Å². The number of carbonyl (C=O) groups is 2. The van der Waals surface area contributed by atoms with Gasteiger partial charge in [-0.3, -0.25) is 9.69 Å². The van der Waals surface area contributed by atoms with E-state index in [2.05, 4.69) is 12.2 Å². The Morgan fingerprint density at radius 2 is 1.90 bits per heavy atom. The van der Waals surface area contributed by atoms with Crippen molar-refractivity contribution in [3.8, 4) is 0 Å². The molecular formula is C15H26N2O3. The number of piperidine rings is 1. The molecule has 3 atom stereocenters. The van der Waals surface area contributed by atoms with Gasteiger partial charge in [0.05, 0.1) is 0 Å². The van der Waals surface area contributed by atoms with Gasteiger partial charge in [0.15, 0.2) is 0 Å². The molecule has 1 saturated heterocycles. The van der Waals surface area contributed by atoms with Gasteiger partial charge in [-0.1, -0.05) is 6.92 Å². The molecule has 2 fully saturated rings. The molecular weight excluding hydrogens is 256 g/mol. The molecule has 2 amide bonds. The largest absolute Gasteiger partial charge is 0.444 e. The second kappa shape index (κ2) is 5.62. The monoisotopic (exact) mass is 282 g/mol. The van der Waals surface area contributed by atoms with Crippen LogP contribution in [0.5, 0.6) is 0 Å². The van der Waals surface area contributed by atoms with Gasteiger partial charge in [0.1, 0.15) is 11.6 Å². The van der Waals surface area contributed by atoms with Crippen LogP contribution in [0.25, 0.3) is 0 Å². The molecule has 0 radical (unpaired) electrons. The molecule has 20 heavy (non-hydrogen) atoms. The Balaban J connectivity index is 1.97. The van der Waals surface area contributed by atoms with Gasteiger partial charge in [0.2, 0.25) is 5.91 Å². The van der Waals surface area contributed by atoms with Crippen LogP contribution in [0.4, 0.5) is 4.79 Å². The minimum atomic E-state index is -0.527. The lowest BCUT2D eigenvalue weighted by Gasteiger charge is -2.35. The lowest BCUT2D eigenvalue weighted by molar-refractivity contribution is -0.127. The van der Waals surface area contributed by atoms with Gasteiger partial charge in [0.25, 0.3) is 0 Å². The first-order valence-corrected chi connectivity index (χ1v) is 7.58. The Bertz CT molecular complexity index is 389. The van der Waals surface area contributed by atoms with Crippen LogP contribution in [0.2, 0.25) is 0 Å². The summed E-state index contributed by atoms with van der Waals surface area (Å²) in [5.74, 6) is 0.544. The Morgan fingerprint density at radius 1 is 1.25 bits per heavy atom. The third-order valence-corrected chi connectivity index (χ3v) is 3.87. The van der Waals surface area contributed by atoms with Crippen LogP contribution in [0, 0.1) is 5.92 Å². The van der Waals surface area contributed by atoms with E-state index < -0.39 is 5.60 Å². The lowest BCUT2D eigenvalue weighted by atomic mass is 10.0. The maximum absolute atomic E-state index is 12.3. The SMILES string of the molecule is C[C@@H]1C[C@H]1NC(=O)[C@H]1CCCCN1C(=O)OC(C)(C)C. The molecule has 2 aliphatic rings. The Hall–Kier alpha value is -1.26. The first kappa shape index (κ1) is 15.1. The van der Waals surface area contributed by atoms with E-state index in [9.17, 15) is 9.59 Å². The molecule has 1 aliphatic heterocycles. The summed E-state index contributed by atoms with van der Waals surface area (Å²) in [7, 11) is 0. The second-order valence-electron chi connectivity index (χ2n) is 7.01. The van der Waals surface area contributed by atoms with E-state index in [-0.39, 0.29) is 18.0 Å². The standard InChI is InChI=1S/C15H26N2O3/c1-10-9-11(10)16-13(18)12-7-5-6-8-17(12)14(19)20-15(2,3)4/h10-12H,5-9H2,1-4H3,(H,16,18)/t10-,11-,12-/m1/s1. The highest BCUT2D eigenvalue weighted by Crippen LogP contribution is 2.30. The average molecular weight is 282 g/mol. The van der Waals surface area contributed by atoms with Crippen LogP contribution in [0.15, 0.2) is 0 Å². The van der Waals surface area contributed by atoms with Crippen molar-refractivity contribution >= 4 is 12.0 Å². The molecule has 0 bridgehead atoms. The van der Waals surface area contributed by atoms with Gasteiger partial charge >= 0.3 is 6.09 Å². The fraction of sp³-hybridized carbons (Fsp3) is 0.867. The number of nitrogens with zero attached hydrogens (tertiary/aromatic N) is 1. The van der Waals surface area contributed by atoms with Gasteiger partial charge in [-0.15, -0.1) is 0 Å². The van der Waals surface area contributed by atoms with E-state index in [4.69, 9.17) is 4.74 Å². The molecule has 1 aliphatic carbocycles. The summed E-state index contributed by atoms with van der Waals surface area (Å²) in [6, 6.07) is -0.0729. The summed E-state index contributed by atoms with van der Waals surface area (Å²) in [5.41, 5.74) is -0.527. The number of hydrogen-bond acceptors (Lipinski definition) is 3. The molecule has 114 valence electrons. The molecule has 2 rings (SSSR count). The van der Waals surface area contributed by atoms with Crippen molar-refractivity contribution in [2.24, 2.45) is 5.92 Å². The van der Waals surface area contributed by atoms with Crippen LogP contribution >= 0.6 is 0 Å². The van der Waals surface area contributed by atoms with Gasteiger partial charge in [-0.05, 0) is 52.4 Å². The second-order valence-corrected chi connectivity index (χ2v) is 7.01. The number of ether oxygens (including phenoxy) is 1. The van der Waals surface area contributed by atoms with Crippen molar-refractivity contribution in [3.63, 3.8) is 0 Å². The summed E-state index contributed by atoms with van der Waals surface area (Å²) < 4.78 is 5.41. The molecule has 0 unspecified atom stereocenters. The highest BCUT2D eigenvalue weighted by molar-refractivity contribution is 5.86. The Labute approximate surface area is 121 Å². The van der Waals surface area contributed by atoms with Crippen LogP contribution < -0.4 is 5.32 Å². The Morgan fingerprint density at radius 3 is 2.45 bits per heavy atom. The van der Waals surface area contributed by atoms with E-state index >= 15 is 0 Å².